The van der Waals surface area contributed by atoms with Crippen molar-refractivity contribution in [2.75, 3.05) is 18.1 Å². The molecule has 0 spiro atoms. The summed E-state index contributed by atoms with van der Waals surface area (Å²) in [5, 5.41) is 1.03. The second-order valence-corrected chi connectivity index (χ2v) is 6.85. The number of aryl methyl sites for hydroxylation is 2. The fourth-order valence-electron chi connectivity index (χ4n) is 3.97. The molecule has 0 saturated heterocycles. The largest absolute Gasteiger partial charge is 0.462 e. The minimum Gasteiger partial charge on any atom is -0.462 e. The van der Waals surface area contributed by atoms with Gasteiger partial charge >= 0.3 is 5.97 Å². The van der Waals surface area contributed by atoms with Crippen molar-refractivity contribution in [3.05, 3.63) is 47.3 Å². The second-order valence-electron chi connectivity index (χ2n) is 6.85. The van der Waals surface area contributed by atoms with Crippen LogP contribution >= 0.6 is 0 Å². The molecule has 4 N–H and O–H groups in total. The number of hydrogen-bond donors (Lipinski definition) is 2. The van der Waals surface area contributed by atoms with Crippen LogP contribution in [0.2, 0.25) is 0 Å². The van der Waals surface area contributed by atoms with Crippen LogP contribution in [0.5, 0.6) is 0 Å². The molecule has 1 atom stereocenters. The Morgan fingerprint density at radius 2 is 2.15 bits per heavy atom. The molecule has 2 heterocycles. The molecule has 1 aliphatic rings. The van der Waals surface area contributed by atoms with Gasteiger partial charge in [-0.05, 0) is 56.4 Å². The van der Waals surface area contributed by atoms with Gasteiger partial charge in [-0.3, -0.25) is 0 Å². The first-order valence-electron chi connectivity index (χ1n) is 9.24. The Morgan fingerprint density at radius 1 is 1.30 bits per heavy atom. The average molecular weight is 365 g/mol. The summed E-state index contributed by atoms with van der Waals surface area (Å²) in [6.45, 7) is 3.04. The number of esters is 1. The van der Waals surface area contributed by atoms with E-state index in [9.17, 15) is 4.79 Å². The lowest BCUT2D eigenvalue weighted by atomic mass is 9.99. The number of anilines is 2. The van der Waals surface area contributed by atoms with Gasteiger partial charge in [0.15, 0.2) is 0 Å². The van der Waals surface area contributed by atoms with Crippen LogP contribution in [-0.2, 0) is 17.7 Å². The van der Waals surface area contributed by atoms with Crippen LogP contribution in [0, 0.1) is 0 Å². The molecule has 4 rings (SSSR count). The Kier molecular flexibility index (Phi) is 4.43. The summed E-state index contributed by atoms with van der Waals surface area (Å²) in [6.07, 6.45) is 4.92. The Morgan fingerprint density at radius 3 is 2.96 bits per heavy atom. The van der Waals surface area contributed by atoms with Gasteiger partial charge in [-0.15, -0.1) is 0 Å². The highest BCUT2D eigenvalue weighted by Crippen LogP contribution is 2.38. The number of carbonyl (C=O) groups is 1. The highest BCUT2D eigenvalue weighted by atomic mass is 16.5. The van der Waals surface area contributed by atoms with Gasteiger partial charge in [0.05, 0.1) is 17.9 Å². The van der Waals surface area contributed by atoms with Crippen LogP contribution in [0.3, 0.4) is 0 Å². The zero-order chi connectivity index (χ0) is 19.0. The average Bonchev–Trinajstić information content (AvgIpc) is 3.23. The van der Waals surface area contributed by atoms with Crippen molar-refractivity contribution in [3.63, 3.8) is 0 Å². The lowest BCUT2D eigenvalue weighted by Gasteiger charge is -2.14. The van der Waals surface area contributed by atoms with Gasteiger partial charge in [-0.25, -0.2) is 9.78 Å². The van der Waals surface area contributed by atoms with E-state index in [0.29, 0.717) is 23.9 Å². The predicted octanol–water partition coefficient (Wildman–Crippen LogP) is 2.89. The van der Waals surface area contributed by atoms with Crippen LogP contribution in [0.15, 0.2) is 30.5 Å². The molecule has 1 aliphatic carbocycles. The predicted molar refractivity (Wildman–Crippen MR) is 104 cm³/mol. The fraction of sp³-hybridized carbons (Fsp3) is 0.350. The minimum absolute atomic E-state index is 0.251. The molecule has 0 amide bonds. The van der Waals surface area contributed by atoms with Gasteiger partial charge in [0.1, 0.15) is 5.82 Å². The van der Waals surface area contributed by atoms with E-state index in [1.807, 2.05) is 24.3 Å². The number of nitrogens with zero attached hydrogens (tertiary/aromatic N) is 3. The summed E-state index contributed by atoms with van der Waals surface area (Å²) in [7, 11) is 0. The topological polar surface area (TPSA) is 109 Å². The maximum absolute atomic E-state index is 11.9. The minimum atomic E-state index is -0.288. The van der Waals surface area contributed by atoms with Crippen molar-refractivity contribution in [3.8, 4) is 0 Å². The summed E-state index contributed by atoms with van der Waals surface area (Å²) >= 11 is 0. The van der Waals surface area contributed by atoms with Crippen molar-refractivity contribution < 1.29 is 9.53 Å². The second kappa shape index (κ2) is 6.90. The van der Waals surface area contributed by atoms with Gasteiger partial charge < -0.3 is 20.8 Å². The number of aromatic nitrogens is 3. The van der Waals surface area contributed by atoms with E-state index in [1.54, 1.807) is 6.92 Å². The fourth-order valence-corrected chi connectivity index (χ4v) is 3.97. The number of ether oxygens (including phenoxy) is 1. The number of nitrogen functional groups attached to an aromatic ring is 2. The third-order valence-corrected chi connectivity index (χ3v) is 5.21. The molecule has 0 bridgehead atoms. The molecule has 1 aromatic carbocycles. The van der Waals surface area contributed by atoms with Crippen molar-refractivity contribution in [2.24, 2.45) is 0 Å². The van der Waals surface area contributed by atoms with Gasteiger partial charge in [0, 0.05) is 29.2 Å². The van der Waals surface area contributed by atoms with E-state index in [-0.39, 0.29) is 11.9 Å². The summed E-state index contributed by atoms with van der Waals surface area (Å²) in [6, 6.07) is 7.70. The SMILES string of the molecule is CCOC(=O)c1ccc2c(ccn2CCC2CCc3nc(N)nc(N)c32)c1. The van der Waals surface area contributed by atoms with E-state index in [0.717, 1.165) is 48.0 Å². The van der Waals surface area contributed by atoms with Gasteiger partial charge in [0.2, 0.25) is 5.95 Å². The number of rotatable bonds is 5. The number of nitrogens with two attached hydrogens (primary N) is 2. The van der Waals surface area contributed by atoms with Crippen LogP contribution < -0.4 is 11.5 Å². The third kappa shape index (κ3) is 3.20. The monoisotopic (exact) mass is 365 g/mol. The summed E-state index contributed by atoms with van der Waals surface area (Å²) in [4.78, 5) is 20.4. The van der Waals surface area contributed by atoms with Gasteiger partial charge in [-0.1, -0.05) is 0 Å². The van der Waals surface area contributed by atoms with Crippen molar-refractivity contribution in [1.82, 2.24) is 14.5 Å². The molecule has 0 fully saturated rings. The zero-order valence-electron chi connectivity index (χ0n) is 15.3. The lowest BCUT2D eigenvalue weighted by molar-refractivity contribution is 0.0526. The molecule has 0 radical (unpaired) electrons. The molecule has 2 aromatic heterocycles. The summed E-state index contributed by atoms with van der Waals surface area (Å²) in [5.74, 6) is 0.818. The number of fused-ring (bicyclic) bond motifs is 2. The van der Waals surface area contributed by atoms with Crippen molar-refractivity contribution in [2.45, 2.75) is 38.6 Å². The maximum Gasteiger partial charge on any atom is 0.338 e. The summed E-state index contributed by atoms with van der Waals surface area (Å²) in [5.41, 5.74) is 15.5. The van der Waals surface area contributed by atoms with E-state index < -0.39 is 0 Å². The molecule has 0 aliphatic heterocycles. The standard InChI is InChI=1S/C20H23N5O2/c1-2-27-19(26)14-4-6-16-13(11-14)8-10-25(16)9-7-12-3-5-15-17(12)18(21)24-20(22)23-15/h4,6,8,10-12H,2-3,5,7,9H2,1H3,(H4,21,22,23,24). The van der Waals surface area contributed by atoms with Crippen molar-refractivity contribution in [1.29, 1.82) is 0 Å². The Balaban J connectivity index is 1.52. The summed E-state index contributed by atoms with van der Waals surface area (Å²) < 4.78 is 7.28. The lowest BCUT2D eigenvalue weighted by Crippen LogP contribution is -2.08. The molecular weight excluding hydrogens is 342 g/mol. The van der Waals surface area contributed by atoms with Crippen molar-refractivity contribution >= 4 is 28.6 Å². The molecule has 7 heteroatoms. The Bertz CT molecular complexity index is 1010. The Labute approximate surface area is 157 Å². The molecule has 27 heavy (non-hydrogen) atoms. The normalized spacial score (nSPS) is 15.8. The number of benzene rings is 1. The third-order valence-electron chi connectivity index (χ3n) is 5.21. The molecule has 1 unspecified atom stereocenters. The van der Waals surface area contributed by atoms with E-state index in [2.05, 4.69) is 20.7 Å². The first-order valence-corrected chi connectivity index (χ1v) is 9.24. The van der Waals surface area contributed by atoms with Crippen LogP contribution in [-0.4, -0.2) is 27.1 Å². The molecule has 7 nitrogen and oxygen atoms in total. The first kappa shape index (κ1) is 17.3. The van der Waals surface area contributed by atoms with Crippen LogP contribution in [0.1, 0.15) is 47.3 Å². The highest BCUT2D eigenvalue weighted by molar-refractivity contribution is 5.94. The molecule has 140 valence electrons. The van der Waals surface area contributed by atoms with Gasteiger partial charge in [-0.2, -0.15) is 4.98 Å². The maximum atomic E-state index is 11.9. The smallest absolute Gasteiger partial charge is 0.338 e. The first-order chi connectivity index (χ1) is 13.1. The Hall–Kier alpha value is -3.09. The highest BCUT2D eigenvalue weighted by Gasteiger charge is 2.27. The molecule has 0 saturated carbocycles. The number of carbonyl (C=O) groups excluding carboxylic acids is 1. The molecular formula is C20H23N5O2. The quantitative estimate of drug-likeness (QED) is 0.673. The number of hydrogen-bond acceptors (Lipinski definition) is 6. The zero-order valence-corrected chi connectivity index (χ0v) is 15.3. The van der Waals surface area contributed by atoms with E-state index in [1.165, 1.54) is 0 Å². The van der Waals surface area contributed by atoms with Crippen LogP contribution in [0.4, 0.5) is 11.8 Å². The van der Waals surface area contributed by atoms with E-state index >= 15 is 0 Å². The van der Waals surface area contributed by atoms with Crippen LogP contribution in [0.25, 0.3) is 10.9 Å². The van der Waals surface area contributed by atoms with E-state index in [4.69, 9.17) is 16.2 Å². The van der Waals surface area contributed by atoms with Gasteiger partial charge in [0.25, 0.3) is 0 Å². The molecule has 3 aromatic rings.